The molecule has 2 rings (SSSR count). The Kier molecular flexibility index (Phi) is 3.69. The van der Waals surface area contributed by atoms with Crippen LogP contribution in [0, 0.1) is 5.92 Å². The number of hydrogen-bond acceptors (Lipinski definition) is 2. The first-order valence-corrected chi connectivity index (χ1v) is 5.89. The average molecular weight is 259 g/mol. The predicted molar refractivity (Wildman–Crippen MR) is 66.1 cm³/mol. The van der Waals surface area contributed by atoms with E-state index in [9.17, 15) is 4.79 Å². The second-order valence-corrected chi connectivity index (χ2v) is 4.59. The lowest BCUT2D eigenvalue weighted by molar-refractivity contribution is -0.119. The summed E-state index contributed by atoms with van der Waals surface area (Å²) in [6.45, 7) is 1.60. The van der Waals surface area contributed by atoms with Crippen LogP contribution in [0.3, 0.4) is 0 Å². The number of anilines is 1. The second kappa shape index (κ2) is 5.04. The Morgan fingerprint density at radius 2 is 2.06 bits per heavy atom. The molecule has 1 heterocycles. The van der Waals surface area contributed by atoms with Crippen molar-refractivity contribution >= 4 is 34.8 Å². The van der Waals surface area contributed by atoms with Crippen molar-refractivity contribution in [2.24, 2.45) is 5.92 Å². The van der Waals surface area contributed by atoms with Gasteiger partial charge in [-0.25, -0.2) is 0 Å². The molecule has 1 aliphatic heterocycles. The molecule has 0 spiro atoms. The van der Waals surface area contributed by atoms with Gasteiger partial charge in [-0.1, -0.05) is 29.3 Å². The van der Waals surface area contributed by atoms with Crippen molar-refractivity contribution in [1.29, 1.82) is 0 Å². The molecule has 5 heteroatoms. The van der Waals surface area contributed by atoms with Gasteiger partial charge in [0.25, 0.3) is 0 Å². The van der Waals surface area contributed by atoms with Gasteiger partial charge in [-0.05, 0) is 25.1 Å². The lowest BCUT2D eigenvalue weighted by Gasteiger charge is -2.12. The van der Waals surface area contributed by atoms with Crippen LogP contribution in [0.15, 0.2) is 18.2 Å². The maximum atomic E-state index is 11.9. The largest absolute Gasteiger partial charge is 0.323 e. The van der Waals surface area contributed by atoms with E-state index in [-0.39, 0.29) is 11.8 Å². The quantitative estimate of drug-likeness (QED) is 0.856. The Balaban J connectivity index is 2.11. The molecule has 16 heavy (non-hydrogen) atoms. The zero-order chi connectivity index (χ0) is 11.5. The third kappa shape index (κ3) is 2.48. The highest BCUT2D eigenvalue weighted by Crippen LogP contribution is 2.30. The van der Waals surface area contributed by atoms with Crippen LogP contribution in [-0.4, -0.2) is 19.0 Å². The van der Waals surface area contributed by atoms with Crippen molar-refractivity contribution in [3.63, 3.8) is 0 Å². The fraction of sp³-hybridized carbons (Fsp3) is 0.364. The van der Waals surface area contributed by atoms with Crippen molar-refractivity contribution in [2.75, 3.05) is 18.4 Å². The van der Waals surface area contributed by atoms with E-state index in [0.717, 1.165) is 13.0 Å². The summed E-state index contributed by atoms with van der Waals surface area (Å²) in [5.41, 5.74) is 0.503. The fourth-order valence-electron chi connectivity index (χ4n) is 1.72. The van der Waals surface area contributed by atoms with E-state index in [1.807, 2.05) is 0 Å². The maximum Gasteiger partial charge on any atom is 0.228 e. The lowest BCUT2D eigenvalue weighted by atomic mass is 10.1. The summed E-state index contributed by atoms with van der Waals surface area (Å²) < 4.78 is 0. The summed E-state index contributed by atoms with van der Waals surface area (Å²) in [6, 6.07) is 5.16. The van der Waals surface area contributed by atoms with E-state index in [0.29, 0.717) is 22.3 Å². The SMILES string of the molecule is O=C(Nc1c(Cl)cccc1Cl)C1CCNC1. The second-order valence-electron chi connectivity index (χ2n) is 3.78. The highest BCUT2D eigenvalue weighted by atomic mass is 35.5. The molecule has 1 fully saturated rings. The number of benzene rings is 1. The van der Waals surface area contributed by atoms with Gasteiger partial charge in [-0.2, -0.15) is 0 Å². The molecule has 2 N–H and O–H groups in total. The monoisotopic (exact) mass is 258 g/mol. The van der Waals surface area contributed by atoms with Crippen LogP contribution >= 0.6 is 23.2 Å². The van der Waals surface area contributed by atoms with Crippen molar-refractivity contribution < 1.29 is 4.79 Å². The van der Waals surface area contributed by atoms with Gasteiger partial charge < -0.3 is 10.6 Å². The molecule has 1 atom stereocenters. The van der Waals surface area contributed by atoms with Crippen LogP contribution in [0.2, 0.25) is 10.0 Å². The minimum atomic E-state index is -0.0278. The molecule has 0 aromatic heterocycles. The number of para-hydroxylation sites is 1. The van der Waals surface area contributed by atoms with Crippen molar-refractivity contribution in [1.82, 2.24) is 5.32 Å². The van der Waals surface area contributed by atoms with E-state index in [4.69, 9.17) is 23.2 Å². The fourth-order valence-corrected chi connectivity index (χ4v) is 2.21. The van der Waals surface area contributed by atoms with Crippen molar-refractivity contribution in [3.05, 3.63) is 28.2 Å². The van der Waals surface area contributed by atoms with E-state index in [1.54, 1.807) is 18.2 Å². The molecule has 1 aliphatic rings. The van der Waals surface area contributed by atoms with Crippen LogP contribution < -0.4 is 10.6 Å². The normalized spacial score (nSPS) is 19.8. The highest BCUT2D eigenvalue weighted by molar-refractivity contribution is 6.39. The first kappa shape index (κ1) is 11.7. The van der Waals surface area contributed by atoms with Gasteiger partial charge in [0, 0.05) is 6.54 Å². The van der Waals surface area contributed by atoms with E-state index >= 15 is 0 Å². The number of nitrogens with one attached hydrogen (secondary N) is 2. The number of carbonyl (C=O) groups excluding carboxylic acids is 1. The zero-order valence-corrected chi connectivity index (χ0v) is 10.1. The molecule has 0 saturated carbocycles. The molecular formula is C11H12Cl2N2O. The molecule has 1 aromatic carbocycles. The van der Waals surface area contributed by atoms with E-state index < -0.39 is 0 Å². The topological polar surface area (TPSA) is 41.1 Å². The van der Waals surface area contributed by atoms with Gasteiger partial charge in [-0.3, -0.25) is 4.79 Å². The molecule has 0 bridgehead atoms. The van der Waals surface area contributed by atoms with Crippen LogP contribution in [0.4, 0.5) is 5.69 Å². The third-order valence-corrected chi connectivity index (χ3v) is 3.27. The van der Waals surface area contributed by atoms with Gasteiger partial charge in [0.15, 0.2) is 0 Å². The Labute approximate surface area is 104 Å². The Morgan fingerprint density at radius 1 is 1.38 bits per heavy atom. The van der Waals surface area contributed by atoms with Crippen LogP contribution in [0.5, 0.6) is 0 Å². The van der Waals surface area contributed by atoms with Crippen LogP contribution in [0.1, 0.15) is 6.42 Å². The average Bonchev–Trinajstić information content (AvgIpc) is 2.76. The van der Waals surface area contributed by atoms with E-state index in [1.165, 1.54) is 0 Å². The molecular weight excluding hydrogens is 247 g/mol. The summed E-state index contributed by atoms with van der Waals surface area (Å²) in [6.07, 6.45) is 0.855. The molecule has 0 aliphatic carbocycles. The summed E-state index contributed by atoms with van der Waals surface area (Å²) in [5.74, 6) is -0.0210. The molecule has 86 valence electrons. The van der Waals surface area contributed by atoms with Gasteiger partial charge in [-0.15, -0.1) is 0 Å². The van der Waals surface area contributed by atoms with Gasteiger partial charge in [0.05, 0.1) is 21.7 Å². The van der Waals surface area contributed by atoms with Crippen LogP contribution in [-0.2, 0) is 4.79 Å². The lowest BCUT2D eigenvalue weighted by Crippen LogP contribution is -2.24. The molecule has 3 nitrogen and oxygen atoms in total. The minimum absolute atomic E-state index is 0.00680. The molecule has 1 amide bonds. The Bertz CT molecular complexity index is 383. The van der Waals surface area contributed by atoms with Crippen LogP contribution in [0.25, 0.3) is 0 Å². The number of rotatable bonds is 2. The van der Waals surface area contributed by atoms with Gasteiger partial charge in [0.1, 0.15) is 0 Å². The standard InChI is InChI=1S/C11H12Cl2N2O/c12-8-2-1-3-9(13)10(8)15-11(16)7-4-5-14-6-7/h1-3,7,14H,4-6H2,(H,15,16). The summed E-state index contributed by atoms with van der Waals surface area (Å²) in [5, 5.41) is 6.85. The predicted octanol–water partition coefficient (Wildman–Crippen LogP) is 2.54. The minimum Gasteiger partial charge on any atom is -0.323 e. The summed E-state index contributed by atoms with van der Waals surface area (Å²) in [4.78, 5) is 11.9. The van der Waals surface area contributed by atoms with E-state index in [2.05, 4.69) is 10.6 Å². The maximum absolute atomic E-state index is 11.9. The number of hydrogen-bond donors (Lipinski definition) is 2. The smallest absolute Gasteiger partial charge is 0.228 e. The van der Waals surface area contributed by atoms with Gasteiger partial charge in [0.2, 0.25) is 5.91 Å². The number of carbonyl (C=O) groups is 1. The molecule has 1 unspecified atom stereocenters. The molecule has 0 radical (unpaired) electrons. The third-order valence-electron chi connectivity index (χ3n) is 2.64. The Morgan fingerprint density at radius 3 is 2.62 bits per heavy atom. The summed E-state index contributed by atoms with van der Waals surface area (Å²) >= 11 is 11.9. The molecule has 1 aromatic rings. The van der Waals surface area contributed by atoms with Crippen molar-refractivity contribution in [2.45, 2.75) is 6.42 Å². The first-order chi connectivity index (χ1) is 7.68. The number of halogens is 2. The molecule has 1 saturated heterocycles. The number of amides is 1. The highest BCUT2D eigenvalue weighted by Gasteiger charge is 2.23. The van der Waals surface area contributed by atoms with Crippen molar-refractivity contribution in [3.8, 4) is 0 Å². The Hall–Kier alpha value is -0.770. The summed E-state index contributed by atoms with van der Waals surface area (Å²) in [7, 11) is 0. The zero-order valence-electron chi connectivity index (χ0n) is 8.59. The van der Waals surface area contributed by atoms with Gasteiger partial charge >= 0.3 is 0 Å². The first-order valence-electron chi connectivity index (χ1n) is 5.14.